The summed E-state index contributed by atoms with van der Waals surface area (Å²) in [5.41, 5.74) is 0.359. The van der Waals surface area contributed by atoms with E-state index in [4.69, 9.17) is 9.47 Å². The van der Waals surface area contributed by atoms with E-state index in [0.717, 1.165) is 4.47 Å². The van der Waals surface area contributed by atoms with E-state index in [2.05, 4.69) is 31.9 Å². The van der Waals surface area contributed by atoms with Crippen LogP contribution in [0.5, 0.6) is 5.75 Å². The largest absolute Gasteiger partial charge is 0.481 e. The molecule has 0 saturated heterocycles. The van der Waals surface area contributed by atoms with Crippen LogP contribution in [0, 0.1) is 0 Å². The average Bonchev–Trinajstić information content (AvgIpc) is 2.47. The molecule has 0 amide bonds. The summed E-state index contributed by atoms with van der Waals surface area (Å²) in [4.78, 5) is 23.7. The van der Waals surface area contributed by atoms with Gasteiger partial charge in [-0.25, -0.2) is 4.79 Å². The Balaban J connectivity index is 2.21. The fraction of sp³-hybridized carbons (Fsp3) is 0.333. The molecule has 0 spiro atoms. The summed E-state index contributed by atoms with van der Waals surface area (Å²) in [6, 6.07) is 3.38. The van der Waals surface area contributed by atoms with Gasteiger partial charge in [-0.3, -0.25) is 4.79 Å². The number of ether oxygens (including phenoxy) is 2. The van der Waals surface area contributed by atoms with Crippen molar-refractivity contribution in [3.8, 4) is 5.75 Å². The molecule has 0 N–H and O–H groups in total. The molecule has 22 heavy (non-hydrogen) atoms. The van der Waals surface area contributed by atoms with Gasteiger partial charge in [0.05, 0.1) is 14.5 Å². The molecule has 0 radical (unpaired) electrons. The first-order chi connectivity index (χ1) is 10.5. The Bertz CT molecular complexity index is 628. The molecule has 2 rings (SSSR count). The number of hydrogen-bond donors (Lipinski definition) is 0. The second-order valence-corrected chi connectivity index (χ2v) is 7.07. The van der Waals surface area contributed by atoms with Crippen LogP contribution in [0.1, 0.15) is 29.6 Å². The first-order valence-corrected chi connectivity index (χ1v) is 9.56. The van der Waals surface area contributed by atoms with Crippen LogP contribution in [0.3, 0.4) is 0 Å². The molecule has 0 saturated carbocycles. The lowest BCUT2D eigenvalue weighted by atomic mass is 10.1. The zero-order valence-corrected chi connectivity index (χ0v) is 15.8. The van der Waals surface area contributed by atoms with Crippen LogP contribution in [0.4, 0.5) is 0 Å². The van der Waals surface area contributed by atoms with Crippen molar-refractivity contribution in [3.63, 3.8) is 0 Å². The van der Waals surface area contributed by atoms with Crippen molar-refractivity contribution < 1.29 is 19.1 Å². The molecule has 118 valence electrons. The van der Waals surface area contributed by atoms with E-state index in [1.165, 1.54) is 17.8 Å². The van der Waals surface area contributed by atoms with Crippen LogP contribution in [0.15, 0.2) is 32.9 Å². The van der Waals surface area contributed by atoms with Gasteiger partial charge in [0.25, 0.3) is 0 Å². The second-order valence-electron chi connectivity index (χ2n) is 4.61. The number of rotatable bonds is 5. The molecule has 1 aromatic rings. The van der Waals surface area contributed by atoms with Gasteiger partial charge in [0.15, 0.2) is 5.78 Å². The highest BCUT2D eigenvalue weighted by Gasteiger charge is 2.21. The number of hydrogen-bond acceptors (Lipinski definition) is 5. The maximum Gasteiger partial charge on any atom is 0.344 e. The van der Waals surface area contributed by atoms with Gasteiger partial charge in [-0.15, -0.1) is 11.8 Å². The Morgan fingerprint density at radius 3 is 2.77 bits per heavy atom. The molecule has 1 aliphatic carbocycles. The molecule has 0 aromatic heterocycles. The van der Waals surface area contributed by atoms with Crippen molar-refractivity contribution in [1.82, 2.24) is 0 Å². The molecule has 0 heterocycles. The predicted octanol–water partition coefficient (Wildman–Crippen LogP) is 4.70. The number of carbonyl (C=O) groups excluding carboxylic acids is 2. The van der Waals surface area contributed by atoms with E-state index in [0.29, 0.717) is 46.7 Å². The van der Waals surface area contributed by atoms with Gasteiger partial charge in [0.1, 0.15) is 17.4 Å². The summed E-state index contributed by atoms with van der Waals surface area (Å²) in [6.07, 6.45) is 5.14. The van der Waals surface area contributed by atoms with Gasteiger partial charge in [-0.2, -0.15) is 0 Å². The minimum Gasteiger partial charge on any atom is -0.481 e. The van der Waals surface area contributed by atoms with Crippen molar-refractivity contribution in [3.05, 3.63) is 38.5 Å². The maximum absolute atomic E-state index is 12.3. The molecule has 1 aliphatic rings. The van der Waals surface area contributed by atoms with E-state index in [-0.39, 0.29) is 5.78 Å². The van der Waals surface area contributed by atoms with E-state index in [1.807, 2.05) is 6.26 Å². The van der Waals surface area contributed by atoms with Crippen LogP contribution in [-0.2, 0) is 9.53 Å². The summed E-state index contributed by atoms with van der Waals surface area (Å²) in [6.45, 7) is 0. The van der Waals surface area contributed by atoms with Crippen LogP contribution in [0.25, 0.3) is 0 Å². The fourth-order valence-electron chi connectivity index (χ4n) is 1.96. The molecule has 0 bridgehead atoms. The quantitative estimate of drug-likeness (QED) is 0.481. The summed E-state index contributed by atoms with van der Waals surface area (Å²) in [5, 5.41) is 0. The normalized spacial score (nSPS) is 14.5. The van der Waals surface area contributed by atoms with Gasteiger partial charge >= 0.3 is 5.97 Å². The van der Waals surface area contributed by atoms with Gasteiger partial charge < -0.3 is 9.47 Å². The zero-order chi connectivity index (χ0) is 16.1. The Morgan fingerprint density at radius 2 is 2.09 bits per heavy atom. The van der Waals surface area contributed by atoms with Crippen molar-refractivity contribution in [1.29, 1.82) is 0 Å². The van der Waals surface area contributed by atoms with Crippen LogP contribution < -0.4 is 4.74 Å². The summed E-state index contributed by atoms with van der Waals surface area (Å²) in [7, 11) is 0. The third-order valence-electron chi connectivity index (χ3n) is 2.98. The first kappa shape index (κ1) is 17.6. The zero-order valence-electron chi connectivity index (χ0n) is 11.9. The number of ketones is 1. The number of carbonyl (C=O) groups is 2. The fourth-order valence-corrected chi connectivity index (χ4v) is 3.52. The SMILES string of the molecule is CSCOc1c(Br)ccc(C(=O)OC2=CC(=O)CCC2)c1Br. The molecule has 0 unspecified atom stereocenters. The summed E-state index contributed by atoms with van der Waals surface area (Å²) >= 11 is 8.31. The Morgan fingerprint density at radius 1 is 1.32 bits per heavy atom. The second kappa shape index (κ2) is 8.17. The topological polar surface area (TPSA) is 52.6 Å². The molecule has 0 fully saturated rings. The van der Waals surface area contributed by atoms with Crippen molar-refractivity contribution >= 4 is 55.4 Å². The maximum atomic E-state index is 12.3. The standard InChI is InChI=1S/C15H14Br2O4S/c1-22-8-20-14-12(16)6-5-11(13(14)17)15(19)21-10-4-2-3-9(18)7-10/h5-7H,2-4,8H2,1H3. The Hall–Kier alpha value is -0.790. The molecular weight excluding hydrogens is 436 g/mol. The monoisotopic (exact) mass is 448 g/mol. The van der Waals surface area contributed by atoms with E-state index in [9.17, 15) is 9.59 Å². The van der Waals surface area contributed by atoms with Crippen LogP contribution in [-0.4, -0.2) is 23.9 Å². The number of halogens is 2. The van der Waals surface area contributed by atoms with E-state index in [1.54, 1.807) is 12.1 Å². The molecule has 1 aromatic carbocycles. The molecule has 0 atom stereocenters. The molecule has 7 heteroatoms. The van der Waals surface area contributed by atoms with Crippen LogP contribution in [0.2, 0.25) is 0 Å². The molecular formula is C15H14Br2O4S. The smallest absolute Gasteiger partial charge is 0.344 e. The van der Waals surface area contributed by atoms with Crippen LogP contribution >= 0.6 is 43.6 Å². The summed E-state index contributed by atoms with van der Waals surface area (Å²) < 4.78 is 12.2. The molecule has 0 aliphatic heterocycles. The first-order valence-electron chi connectivity index (χ1n) is 6.58. The van der Waals surface area contributed by atoms with Crippen molar-refractivity contribution in [2.45, 2.75) is 19.3 Å². The van der Waals surface area contributed by atoms with E-state index < -0.39 is 5.97 Å². The van der Waals surface area contributed by atoms with Crippen molar-refractivity contribution in [2.75, 3.05) is 12.2 Å². The number of benzene rings is 1. The Labute approximate surface area is 149 Å². The average molecular weight is 450 g/mol. The minimum absolute atomic E-state index is 0.00656. The predicted molar refractivity (Wildman–Crippen MR) is 93.2 cm³/mol. The number of thioether (sulfide) groups is 1. The lowest BCUT2D eigenvalue weighted by Gasteiger charge is -2.15. The summed E-state index contributed by atoms with van der Waals surface area (Å²) in [5.74, 6) is 0.928. The Kier molecular flexibility index (Phi) is 6.52. The third-order valence-corrected chi connectivity index (χ3v) is 4.75. The van der Waals surface area contributed by atoms with E-state index >= 15 is 0 Å². The third kappa shape index (κ3) is 4.36. The highest BCUT2D eigenvalue weighted by Crippen LogP contribution is 2.37. The number of esters is 1. The minimum atomic E-state index is -0.505. The lowest BCUT2D eigenvalue weighted by Crippen LogP contribution is -2.11. The highest BCUT2D eigenvalue weighted by atomic mass is 79.9. The van der Waals surface area contributed by atoms with Gasteiger partial charge in [0.2, 0.25) is 0 Å². The van der Waals surface area contributed by atoms with Crippen molar-refractivity contribution in [2.24, 2.45) is 0 Å². The van der Waals surface area contributed by atoms with Gasteiger partial charge in [0, 0.05) is 18.9 Å². The lowest BCUT2D eigenvalue weighted by molar-refractivity contribution is -0.115. The number of allylic oxidation sites excluding steroid dienone is 2. The molecule has 4 nitrogen and oxygen atoms in total. The highest BCUT2D eigenvalue weighted by molar-refractivity contribution is 9.11. The van der Waals surface area contributed by atoms with Gasteiger partial charge in [-0.05, 0) is 56.7 Å². The van der Waals surface area contributed by atoms with Gasteiger partial charge in [-0.1, -0.05) is 0 Å².